The standard InChI is InChI=1S/C22H22N6O/c1-16(2)21-19(14-26-28(21)20-10-6-7-11-23-20)22(29)24-12-17-13-25-27(15-17)18-8-4-3-5-9-18/h3-11,13-16H,12H2,1-2H3,(H,24,29). The van der Waals surface area contributed by atoms with E-state index in [4.69, 9.17) is 0 Å². The van der Waals surface area contributed by atoms with Gasteiger partial charge in [-0.05, 0) is 30.2 Å². The van der Waals surface area contributed by atoms with E-state index in [2.05, 4.69) is 20.5 Å². The number of carbonyl (C=O) groups excluding carboxylic acids is 1. The Morgan fingerprint density at radius 3 is 2.55 bits per heavy atom. The maximum atomic E-state index is 12.9. The van der Waals surface area contributed by atoms with Crippen molar-refractivity contribution in [2.24, 2.45) is 0 Å². The van der Waals surface area contributed by atoms with Crippen LogP contribution < -0.4 is 5.32 Å². The fraction of sp³-hybridized carbons (Fsp3) is 0.182. The Labute approximate surface area is 169 Å². The normalized spacial score (nSPS) is 11.0. The van der Waals surface area contributed by atoms with Crippen molar-refractivity contribution >= 4 is 5.91 Å². The maximum Gasteiger partial charge on any atom is 0.255 e. The maximum absolute atomic E-state index is 12.9. The molecule has 4 aromatic rings. The summed E-state index contributed by atoms with van der Waals surface area (Å²) in [6, 6.07) is 15.5. The van der Waals surface area contributed by atoms with Gasteiger partial charge in [0, 0.05) is 24.5 Å². The summed E-state index contributed by atoms with van der Waals surface area (Å²) in [4.78, 5) is 17.2. The summed E-state index contributed by atoms with van der Waals surface area (Å²) in [5, 5.41) is 11.7. The second-order valence-corrected chi connectivity index (χ2v) is 7.01. The third-order valence-corrected chi connectivity index (χ3v) is 4.57. The Morgan fingerprint density at radius 1 is 1.03 bits per heavy atom. The number of pyridine rings is 1. The summed E-state index contributed by atoms with van der Waals surface area (Å²) < 4.78 is 3.52. The Morgan fingerprint density at radius 2 is 1.83 bits per heavy atom. The van der Waals surface area contributed by atoms with Crippen molar-refractivity contribution in [3.63, 3.8) is 0 Å². The van der Waals surface area contributed by atoms with Crippen molar-refractivity contribution in [2.45, 2.75) is 26.3 Å². The molecule has 3 aromatic heterocycles. The molecule has 1 amide bonds. The van der Waals surface area contributed by atoms with Crippen LogP contribution in [0.15, 0.2) is 73.3 Å². The fourth-order valence-corrected chi connectivity index (χ4v) is 3.20. The van der Waals surface area contributed by atoms with E-state index in [1.165, 1.54) is 0 Å². The molecule has 1 N–H and O–H groups in total. The van der Waals surface area contributed by atoms with Crippen LogP contribution in [0.5, 0.6) is 0 Å². The van der Waals surface area contributed by atoms with E-state index in [0.717, 1.165) is 16.9 Å². The summed E-state index contributed by atoms with van der Waals surface area (Å²) in [5.74, 6) is 0.642. The second-order valence-electron chi connectivity index (χ2n) is 7.01. The number of hydrogen-bond acceptors (Lipinski definition) is 4. The lowest BCUT2D eigenvalue weighted by Crippen LogP contribution is -2.24. The third-order valence-electron chi connectivity index (χ3n) is 4.57. The highest BCUT2D eigenvalue weighted by Crippen LogP contribution is 2.22. The first kappa shape index (κ1) is 18.6. The summed E-state index contributed by atoms with van der Waals surface area (Å²) in [5.41, 5.74) is 3.29. The van der Waals surface area contributed by atoms with Crippen molar-refractivity contribution in [1.82, 2.24) is 29.9 Å². The number of nitrogens with one attached hydrogen (secondary N) is 1. The van der Waals surface area contributed by atoms with Gasteiger partial charge in [-0.1, -0.05) is 38.1 Å². The molecule has 0 aliphatic heterocycles. The van der Waals surface area contributed by atoms with Crippen LogP contribution in [-0.4, -0.2) is 30.5 Å². The first-order chi connectivity index (χ1) is 14.1. The Kier molecular flexibility index (Phi) is 5.20. The Bertz CT molecular complexity index is 1100. The zero-order valence-electron chi connectivity index (χ0n) is 16.4. The average molecular weight is 386 g/mol. The summed E-state index contributed by atoms with van der Waals surface area (Å²) in [6.45, 7) is 4.46. The van der Waals surface area contributed by atoms with Gasteiger partial charge in [-0.3, -0.25) is 4.79 Å². The number of benzene rings is 1. The van der Waals surface area contributed by atoms with E-state index >= 15 is 0 Å². The molecular weight excluding hydrogens is 364 g/mol. The van der Waals surface area contributed by atoms with Crippen LogP contribution >= 0.6 is 0 Å². The van der Waals surface area contributed by atoms with E-state index in [1.54, 1.807) is 28.0 Å². The van der Waals surface area contributed by atoms with Crippen LogP contribution in [0.3, 0.4) is 0 Å². The summed E-state index contributed by atoms with van der Waals surface area (Å²) in [6.07, 6.45) is 6.99. The first-order valence-corrected chi connectivity index (χ1v) is 9.50. The number of carbonyl (C=O) groups is 1. The molecule has 1 aromatic carbocycles. The van der Waals surface area contributed by atoms with Crippen LogP contribution in [0.1, 0.15) is 41.4 Å². The van der Waals surface area contributed by atoms with Gasteiger partial charge in [0.25, 0.3) is 5.91 Å². The van der Waals surface area contributed by atoms with Gasteiger partial charge in [0.05, 0.1) is 29.3 Å². The first-order valence-electron chi connectivity index (χ1n) is 9.50. The topological polar surface area (TPSA) is 77.6 Å². The molecule has 0 unspecified atom stereocenters. The monoisotopic (exact) mass is 386 g/mol. The highest BCUT2D eigenvalue weighted by molar-refractivity contribution is 5.95. The fourth-order valence-electron chi connectivity index (χ4n) is 3.20. The minimum absolute atomic E-state index is 0.112. The third kappa shape index (κ3) is 3.94. The van der Waals surface area contributed by atoms with Crippen LogP contribution in [0.25, 0.3) is 11.5 Å². The predicted octanol–water partition coefficient (Wildman–Crippen LogP) is 3.51. The van der Waals surface area contributed by atoms with Crippen molar-refractivity contribution in [3.05, 3.63) is 90.1 Å². The Hall–Kier alpha value is -3.74. The second kappa shape index (κ2) is 8.10. The molecule has 146 valence electrons. The van der Waals surface area contributed by atoms with Gasteiger partial charge in [-0.25, -0.2) is 14.3 Å². The smallest absolute Gasteiger partial charge is 0.255 e. The molecular formula is C22H22N6O. The highest BCUT2D eigenvalue weighted by Gasteiger charge is 2.21. The number of para-hydroxylation sites is 1. The molecule has 3 heterocycles. The number of nitrogens with zero attached hydrogens (tertiary/aromatic N) is 5. The zero-order chi connectivity index (χ0) is 20.2. The number of rotatable bonds is 6. The predicted molar refractivity (Wildman–Crippen MR) is 110 cm³/mol. The molecule has 0 spiro atoms. The van der Waals surface area contributed by atoms with E-state index in [0.29, 0.717) is 17.9 Å². The lowest BCUT2D eigenvalue weighted by molar-refractivity contribution is 0.0949. The van der Waals surface area contributed by atoms with Gasteiger partial charge in [-0.15, -0.1) is 0 Å². The molecule has 0 aliphatic rings. The highest BCUT2D eigenvalue weighted by atomic mass is 16.1. The molecule has 0 atom stereocenters. The van der Waals surface area contributed by atoms with Crippen LogP contribution in [0.2, 0.25) is 0 Å². The van der Waals surface area contributed by atoms with Crippen LogP contribution in [-0.2, 0) is 6.54 Å². The van der Waals surface area contributed by atoms with Gasteiger partial charge < -0.3 is 5.32 Å². The van der Waals surface area contributed by atoms with Crippen LogP contribution in [0, 0.1) is 0 Å². The lowest BCUT2D eigenvalue weighted by Gasteiger charge is -2.12. The SMILES string of the molecule is CC(C)c1c(C(=O)NCc2cnn(-c3ccccc3)c2)cnn1-c1ccccn1. The van der Waals surface area contributed by atoms with E-state index in [-0.39, 0.29) is 11.8 Å². The van der Waals surface area contributed by atoms with E-state index in [1.807, 2.05) is 68.6 Å². The van der Waals surface area contributed by atoms with Gasteiger partial charge in [-0.2, -0.15) is 10.2 Å². The number of amides is 1. The van der Waals surface area contributed by atoms with Gasteiger partial charge >= 0.3 is 0 Å². The Balaban J connectivity index is 1.51. The molecule has 0 bridgehead atoms. The van der Waals surface area contributed by atoms with E-state index in [9.17, 15) is 4.79 Å². The molecule has 7 heteroatoms. The largest absolute Gasteiger partial charge is 0.348 e. The molecule has 0 aliphatic carbocycles. The van der Waals surface area contributed by atoms with Crippen molar-refractivity contribution in [2.75, 3.05) is 0 Å². The molecule has 0 radical (unpaired) electrons. The van der Waals surface area contributed by atoms with Gasteiger partial charge in [0.2, 0.25) is 0 Å². The quantitative estimate of drug-likeness (QED) is 0.550. The molecule has 29 heavy (non-hydrogen) atoms. The molecule has 0 saturated heterocycles. The minimum atomic E-state index is -0.164. The zero-order valence-corrected chi connectivity index (χ0v) is 16.4. The molecule has 4 rings (SSSR count). The number of aromatic nitrogens is 5. The van der Waals surface area contributed by atoms with Gasteiger partial charge in [0.1, 0.15) is 0 Å². The minimum Gasteiger partial charge on any atom is -0.348 e. The summed E-state index contributed by atoms with van der Waals surface area (Å²) >= 11 is 0. The van der Waals surface area contributed by atoms with Crippen molar-refractivity contribution < 1.29 is 4.79 Å². The summed E-state index contributed by atoms with van der Waals surface area (Å²) in [7, 11) is 0. The lowest BCUT2D eigenvalue weighted by atomic mass is 10.1. The van der Waals surface area contributed by atoms with Gasteiger partial charge in [0.15, 0.2) is 5.82 Å². The molecule has 0 fully saturated rings. The average Bonchev–Trinajstić information content (AvgIpc) is 3.41. The molecule has 7 nitrogen and oxygen atoms in total. The number of hydrogen-bond donors (Lipinski definition) is 1. The van der Waals surface area contributed by atoms with Crippen molar-refractivity contribution in [1.29, 1.82) is 0 Å². The van der Waals surface area contributed by atoms with E-state index < -0.39 is 0 Å². The van der Waals surface area contributed by atoms with Crippen molar-refractivity contribution in [3.8, 4) is 11.5 Å². The molecule has 0 saturated carbocycles. The van der Waals surface area contributed by atoms with Crippen LogP contribution in [0.4, 0.5) is 0 Å².